The summed E-state index contributed by atoms with van der Waals surface area (Å²) in [6.45, 7) is 6.00. The van der Waals surface area contributed by atoms with Crippen molar-refractivity contribution in [3.63, 3.8) is 0 Å². The first-order chi connectivity index (χ1) is 7.86. The third-order valence-corrected chi connectivity index (χ3v) is 3.20. The summed E-state index contributed by atoms with van der Waals surface area (Å²) >= 11 is 0. The van der Waals surface area contributed by atoms with Crippen LogP contribution in [0.2, 0.25) is 0 Å². The average molecular weight is 210 g/mol. The van der Waals surface area contributed by atoms with Crippen molar-refractivity contribution in [2.24, 2.45) is 11.8 Å². The van der Waals surface area contributed by atoms with Crippen LogP contribution in [0.3, 0.4) is 0 Å². The van der Waals surface area contributed by atoms with E-state index < -0.39 is 0 Å². The van der Waals surface area contributed by atoms with Crippen LogP contribution in [-0.2, 0) is 0 Å². The van der Waals surface area contributed by atoms with E-state index in [0.717, 1.165) is 6.42 Å². The smallest absolute Gasteiger partial charge is 0.0121 e. The van der Waals surface area contributed by atoms with E-state index >= 15 is 0 Å². The summed E-state index contributed by atoms with van der Waals surface area (Å²) in [5.74, 6) is 0.988. The Hall–Kier alpha value is -1.56. The molecule has 2 rings (SSSR count). The minimum absolute atomic E-state index is 0.480. The summed E-state index contributed by atoms with van der Waals surface area (Å²) in [6.07, 6.45) is 20.8. The predicted octanol–water partition coefficient (Wildman–Crippen LogP) is 4.36. The van der Waals surface area contributed by atoms with Crippen molar-refractivity contribution in [2.45, 2.75) is 13.3 Å². The SMILES string of the molecule is C=CC1=C(C=CC)C2C=CC=CC2C=CC1. The van der Waals surface area contributed by atoms with Crippen LogP contribution in [0.15, 0.2) is 72.4 Å². The van der Waals surface area contributed by atoms with E-state index in [2.05, 4.69) is 62.1 Å². The normalized spacial score (nSPS) is 28.3. The number of rotatable bonds is 2. The molecule has 0 heterocycles. The first kappa shape index (κ1) is 10.9. The maximum absolute atomic E-state index is 3.93. The van der Waals surface area contributed by atoms with Crippen LogP contribution in [0.5, 0.6) is 0 Å². The monoisotopic (exact) mass is 210 g/mol. The summed E-state index contributed by atoms with van der Waals surface area (Å²) in [5.41, 5.74) is 2.76. The van der Waals surface area contributed by atoms with Crippen molar-refractivity contribution in [2.75, 3.05) is 0 Å². The lowest BCUT2D eigenvalue weighted by Gasteiger charge is -2.22. The van der Waals surface area contributed by atoms with Crippen LogP contribution in [-0.4, -0.2) is 0 Å². The van der Waals surface area contributed by atoms with Gasteiger partial charge >= 0.3 is 0 Å². The van der Waals surface area contributed by atoms with E-state index in [9.17, 15) is 0 Å². The molecule has 0 aliphatic heterocycles. The van der Waals surface area contributed by atoms with Gasteiger partial charge in [-0.2, -0.15) is 0 Å². The Morgan fingerprint density at radius 1 is 1.25 bits per heavy atom. The third-order valence-electron chi connectivity index (χ3n) is 3.20. The van der Waals surface area contributed by atoms with Gasteiger partial charge in [0.15, 0.2) is 0 Å². The summed E-state index contributed by atoms with van der Waals surface area (Å²) in [4.78, 5) is 0. The molecule has 82 valence electrons. The maximum Gasteiger partial charge on any atom is 0.0121 e. The van der Waals surface area contributed by atoms with Gasteiger partial charge in [-0.25, -0.2) is 0 Å². The van der Waals surface area contributed by atoms with E-state index in [-0.39, 0.29) is 0 Å². The Labute approximate surface area is 98.1 Å². The lowest BCUT2D eigenvalue weighted by atomic mass is 9.81. The second-order valence-electron chi connectivity index (χ2n) is 4.19. The standard InChI is InChI=1S/C16H18/c1-3-8-15-13(4-2)10-7-11-14-9-5-6-12-16(14)15/h3-9,11-12,14,16H,2,10H2,1H3. The highest BCUT2D eigenvalue weighted by Crippen LogP contribution is 2.34. The van der Waals surface area contributed by atoms with E-state index in [4.69, 9.17) is 0 Å². The van der Waals surface area contributed by atoms with Crippen LogP contribution >= 0.6 is 0 Å². The van der Waals surface area contributed by atoms with Crippen molar-refractivity contribution in [1.82, 2.24) is 0 Å². The van der Waals surface area contributed by atoms with Crippen LogP contribution in [0.4, 0.5) is 0 Å². The summed E-state index contributed by atoms with van der Waals surface area (Å²) in [7, 11) is 0. The summed E-state index contributed by atoms with van der Waals surface area (Å²) in [5, 5.41) is 0. The molecule has 0 nitrogen and oxygen atoms in total. The highest BCUT2D eigenvalue weighted by molar-refractivity contribution is 5.42. The topological polar surface area (TPSA) is 0 Å². The Morgan fingerprint density at radius 2 is 2.06 bits per heavy atom. The molecule has 0 saturated carbocycles. The van der Waals surface area contributed by atoms with E-state index in [1.807, 2.05) is 6.08 Å². The second-order valence-corrected chi connectivity index (χ2v) is 4.19. The molecule has 0 aromatic carbocycles. The number of fused-ring (bicyclic) bond motifs is 1. The largest absolute Gasteiger partial charge is 0.0988 e. The fraction of sp³-hybridized carbons (Fsp3) is 0.250. The summed E-state index contributed by atoms with van der Waals surface area (Å²) < 4.78 is 0. The first-order valence-electron chi connectivity index (χ1n) is 5.86. The zero-order valence-corrected chi connectivity index (χ0v) is 9.77. The molecule has 2 aliphatic carbocycles. The summed E-state index contributed by atoms with van der Waals surface area (Å²) in [6, 6.07) is 0. The van der Waals surface area contributed by atoms with Gasteiger partial charge in [-0.1, -0.05) is 61.3 Å². The zero-order chi connectivity index (χ0) is 11.4. The van der Waals surface area contributed by atoms with E-state index in [0.29, 0.717) is 11.8 Å². The van der Waals surface area contributed by atoms with Crippen molar-refractivity contribution < 1.29 is 0 Å². The van der Waals surface area contributed by atoms with E-state index in [1.54, 1.807) is 0 Å². The molecule has 0 aromatic rings. The minimum atomic E-state index is 0.480. The van der Waals surface area contributed by atoms with Gasteiger partial charge in [0.05, 0.1) is 0 Å². The Balaban J connectivity index is 2.46. The molecule has 0 spiro atoms. The van der Waals surface area contributed by atoms with Crippen LogP contribution in [0.1, 0.15) is 13.3 Å². The van der Waals surface area contributed by atoms with Gasteiger partial charge in [0.25, 0.3) is 0 Å². The maximum atomic E-state index is 3.93. The second kappa shape index (κ2) is 4.98. The molecular formula is C16H18. The molecule has 2 unspecified atom stereocenters. The minimum Gasteiger partial charge on any atom is -0.0988 e. The number of hydrogen-bond donors (Lipinski definition) is 0. The van der Waals surface area contributed by atoms with Crippen LogP contribution in [0, 0.1) is 11.8 Å². The van der Waals surface area contributed by atoms with Crippen molar-refractivity contribution in [1.29, 1.82) is 0 Å². The Morgan fingerprint density at radius 3 is 2.81 bits per heavy atom. The molecule has 2 aliphatic rings. The zero-order valence-electron chi connectivity index (χ0n) is 9.77. The molecule has 0 bridgehead atoms. The van der Waals surface area contributed by atoms with Gasteiger partial charge in [-0.05, 0) is 24.5 Å². The van der Waals surface area contributed by atoms with Crippen LogP contribution in [0.25, 0.3) is 0 Å². The molecule has 16 heavy (non-hydrogen) atoms. The quantitative estimate of drug-likeness (QED) is 0.594. The lowest BCUT2D eigenvalue weighted by Crippen LogP contribution is -2.12. The van der Waals surface area contributed by atoms with Gasteiger partial charge in [0.2, 0.25) is 0 Å². The Bertz CT molecular complexity index is 413. The molecule has 0 fully saturated rings. The van der Waals surface area contributed by atoms with E-state index in [1.165, 1.54) is 11.1 Å². The average Bonchev–Trinajstić information content (AvgIpc) is 2.50. The van der Waals surface area contributed by atoms with Crippen molar-refractivity contribution in [3.05, 3.63) is 72.4 Å². The van der Waals surface area contributed by atoms with Crippen LogP contribution < -0.4 is 0 Å². The molecule has 0 N–H and O–H groups in total. The molecule has 0 heteroatoms. The lowest BCUT2D eigenvalue weighted by molar-refractivity contribution is 0.645. The van der Waals surface area contributed by atoms with Gasteiger partial charge < -0.3 is 0 Å². The molecule has 0 aromatic heterocycles. The van der Waals surface area contributed by atoms with Gasteiger partial charge in [-0.15, -0.1) is 0 Å². The molecule has 0 radical (unpaired) electrons. The molecule has 2 atom stereocenters. The van der Waals surface area contributed by atoms with Gasteiger partial charge in [-0.3, -0.25) is 0 Å². The Kier molecular flexibility index (Phi) is 3.40. The first-order valence-corrected chi connectivity index (χ1v) is 5.86. The fourth-order valence-corrected chi connectivity index (χ4v) is 2.40. The third kappa shape index (κ3) is 2.01. The fourth-order valence-electron chi connectivity index (χ4n) is 2.40. The number of allylic oxidation sites excluding steroid dienone is 11. The number of hydrogen-bond acceptors (Lipinski definition) is 0. The molecular weight excluding hydrogens is 192 g/mol. The highest BCUT2D eigenvalue weighted by Gasteiger charge is 2.22. The van der Waals surface area contributed by atoms with Gasteiger partial charge in [0, 0.05) is 11.8 Å². The predicted molar refractivity (Wildman–Crippen MR) is 71.1 cm³/mol. The molecule has 0 saturated heterocycles. The van der Waals surface area contributed by atoms with Crippen molar-refractivity contribution in [3.8, 4) is 0 Å². The van der Waals surface area contributed by atoms with Crippen molar-refractivity contribution >= 4 is 0 Å². The highest BCUT2D eigenvalue weighted by atomic mass is 14.3. The molecule has 0 amide bonds. The van der Waals surface area contributed by atoms with Gasteiger partial charge in [0.1, 0.15) is 0 Å².